The summed E-state index contributed by atoms with van der Waals surface area (Å²) in [6.07, 6.45) is -2.20. The number of hydrogen-bond acceptors (Lipinski definition) is 3. The molecule has 0 bridgehead atoms. The highest BCUT2D eigenvalue weighted by molar-refractivity contribution is 5.28. The number of aliphatic hydroxyl groups is 3. The smallest absolute Gasteiger partial charge is 0.107 e. The van der Waals surface area contributed by atoms with Crippen LogP contribution in [-0.4, -0.2) is 33.6 Å². The molecule has 5 atom stereocenters. The van der Waals surface area contributed by atoms with Crippen LogP contribution in [0.5, 0.6) is 0 Å². The SMILES string of the molecule is C[C@H]1CC(C)(c2ccccc2)[C@H](O)[C@@H](O)[C@@H]1O. The van der Waals surface area contributed by atoms with Crippen molar-refractivity contribution in [1.29, 1.82) is 0 Å². The van der Waals surface area contributed by atoms with E-state index in [1.54, 1.807) is 0 Å². The summed E-state index contributed by atoms with van der Waals surface area (Å²) in [4.78, 5) is 0. The molecule has 3 N–H and O–H groups in total. The fourth-order valence-corrected chi connectivity index (χ4v) is 2.92. The van der Waals surface area contributed by atoms with E-state index in [2.05, 4.69) is 0 Å². The van der Waals surface area contributed by atoms with Crippen LogP contribution in [0, 0.1) is 5.92 Å². The second-order valence-electron chi connectivity index (χ2n) is 5.39. The van der Waals surface area contributed by atoms with Crippen LogP contribution in [0.25, 0.3) is 0 Å². The molecular formula is C14H20O3. The Morgan fingerprint density at radius 3 is 2.24 bits per heavy atom. The fourth-order valence-electron chi connectivity index (χ4n) is 2.92. The van der Waals surface area contributed by atoms with Crippen LogP contribution in [0.15, 0.2) is 30.3 Å². The zero-order valence-corrected chi connectivity index (χ0v) is 10.2. The highest BCUT2D eigenvalue weighted by Gasteiger charge is 2.48. The lowest BCUT2D eigenvalue weighted by molar-refractivity contribution is -0.138. The topological polar surface area (TPSA) is 60.7 Å². The highest BCUT2D eigenvalue weighted by Crippen LogP contribution is 2.41. The van der Waals surface area contributed by atoms with Gasteiger partial charge in [-0.1, -0.05) is 44.2 Å². The lowest BCUT2D eigenvalue weighted by atomic mass is 9.63. The normalized spacial score (nSPS) is 42.4. The predicted octanol–water partition coefficient (Wildman–Crippen LogP) is 1.07. The minimum atomic E-state index is -1.08. The molecule has 1 aromatic carbocycles. The van der Waals surface area contributed by atoms with E-state index >= 15 is 0 Å². The highest BCUT2D eigenvalue weighted by atomic mass is 16.4. The molecule has 0 spiro atoms. The first-order valence-electron chi connectivity index (χ1n) is 6.06. The molecule has 0 aliphatic heterocycles. The maximum Gasteiger partial charge on any atom is 0.107 e. The summed E-state index contributed by atoms with van der Waals surface area (Å²) < 4.78 is 0. The second kappa shape index (κ2) is 4.41. The Balaban J connectivity index is 2.37. The first kappa shape index (κ1) is 12.6. The zero-order valence-electron chi connectivity index (χ0n) is 10.2. The Bertz CT molecular complexity index is 378. The van der Waals surface area contributed by atoms with Crippen molar-refractivity contribution >= 4 is 0 Å². The molecule has 0 saturated heterocycles. The molecule has 3 nitrogen and oxygen atoms in total. The van der Waals surface area contributed by atoms with Gasteiger partial charge >= 0.3 is 0 Å². The Morgan fingerprint density at radius 1 is 1.06 bits per heavy atom. The standard InChI is InChI=1S/C14H20O3/c1-9-8-14(2,10-6-4-3-5-7-10)13(17)12(16)11(9)15/h3-7,9,11-13,15-17H,8H2,1-2H3/t9-,11+,12-,13+,14?/m0/s1. The van der Waals surface area contributed by atoms with E-state index < -0.39 is 23.7 Å². The van der Waals surface area contributed by atoms with Crippen molar-refractivity contribution < 1.29 is 15.3 Å². The van der Waals surface area contributed by atoms with Crippen molar-refractivity contribution in [2.45, 2.75) is 44.0 Å². The van der Waals surface area contributed by atoms with Crippen molar-refractivity contribution in [3.05, 3.63) is 35.9 Å². The molecule has 1 aromatic rings. The van der Waals surface area contributed by atoms with Gasteiger partial charge in [0.15, 0.2) is 0 Å². The quantitative estimate of drug-likeness (QED) is 0.683. The third kappa shape index (κ3) is 1.99. The molecule has 0 heterocycles. The first-order valence-corrected chi connectivity index (χ1v) is 6.06. The van der Waals surface area contributed by atoms with Gasteiger partial charge in [-0.05, 0) is 17.9 Å². The monoisotopic (exact) mass is 236 g/mol. The minimum Gasteiger partial charge on any atom is -0.390 e. The molecule has 0 radical (unpaired) electrons. The Labute approximate surface area is 102 Å². The molecule has 17 heavy (non-hydrogen) atoms. The molecule has 1 fully saturated rings. The summed E-state index contributed by atoms with van der Waals surface area (Å²) in [5.74, 6) is -0.0291. The van der Waals surface area contributed by atoms with Crippen LogP contribution >= 0.6 is 0 Å². The van der Waals surface area contributed by atoms with Gasteiger partial charge in [-0.25, -0.2) is 0 Å². The minimum absolute atomic E-state index is 0.0291. The van der Waals surface area contributed by atoms with E-state index in [9.17, 15) is 15.3 Å². The van der Waals surface area contributed by atoms with E-state index in [1.807, 2.05) is 44.2 Å². The summed E-state index contributed by atoms with van der Waals surface area (Å²) in [6, 6.07) is 9.70. The van der Waals surface area contributed by atoms with E-state index in [1.165, 1.54) is 0 Å². The molecule has 1 unspecified atom stereocenters. The Hall–Kier alpha value is -0.900. The summed E-state index contributed by atoms with van der Waals surface area (Å²) in [7, 11) is 0. The second-order valence-corrected chi connectivity index (χ2v) is 5.39. The number of aliphatic hydroxyl groups excluding tert-OH is 3. The van der Waals surface area contributed by atoms with Gasteiger partial charge in [0.25, 0.3) is 0 Å². The van der Waals surface area contributed by atoms with Crippen molar-refractivity contribution in [2.24, 2.45) is 5.92 Å². The van der Waals surface area contributed by atoms with E-state index in [-0.39, 0.29) is 5.92 Å². The van der Waals surface area contributed by atoms with Gasteiger partial charge in [0.2, 0.25) is 0 Å². The van der Waals surface area contributed by atoms with Gasteiger partial charge in [0.05, 0.1) is 12.2 Å². The number of hydrogen-bond donors (Lipinski definition) is 3. The predicted molar refractivity (Wildman–Crippen MR) is 65.6 cm³/mol. The van der Waals surface area contributed by atoms with Gasteiger partial charge in [-0.3, -0.25) is 0 Å². The Kier molecular flexibility index (Phi) is 3.25. The number of benzene rings is 1. The molecule has 2 rings (SSSR count). The molecule has 1 saturated carbocycles. The molecule has 3 heteroatoms. The third-order valence-corrected chi connectivity index (χ3v) is 4.09. The van der Waals surface area contributed by atoms with Crippen molar-refractivity contribution in [3.8, 4) is 0 Å². The fraction of sp³-hybridized carbons (Fsp3) is 0.571. The summed E-state index contributed by atoms with van der Waals surface area (Å²) >= 11 is 0. The number of rotatable bonds is 1. The zero-order chi connectivity index (χ0) is 12.6. The van der Waals surface area contributed by atoms with Crippen molar-refractivity contribution in [3.63, 3.8) is 0 Å². The van der Waals surface area contributed by atoms with Crippen LogP contribution in [0.1, 0.15) is 25.8 Å². The Morgan fingerprint density at radius 2 is 1.65 bits per heavy atom. The summed E-state index contributed by atoms with van der Waals surface area (Å²) in [5, 5.41) is 29.9. The van der Waals surface area contributed by atoms with Crippen LogP contribution in [-0.2, 0) is 5.41 Å². The lowest BCUT2D eigenvalue weighted by Gasteiger charge is -2.46. The van der Waals surface area contributed by atoms with Crippen molar-refractivity contribution in [2.75, 3.05) is 0 Å². The van der Waals surface area contributed by atoms with Crippen LogP contribution < -0.4 is 0 Å². The van der Waals surface area contributed by atoms with Gasteiger partial charge in [0, 0.05) is 5.41 Å². The largest absolute Gasteiger partial charge is 0.390 e. The third-order valence-electron chi connectivity index (χ3n) is 4.09. The summed E-state index contributed by atoms with van der Waals surface area (Å²) in [5.41, 5.74) is 0.504. The molecule has 94 valence electrons. The molecule has 1 aliphatic rings. The molecule has 0 aromatic heterocycles. The molecule has 1 aliphatic carbocycles. The van der Waals surface area contributed by atoms with E-state index in [0.717, 1.165) is 5.56 Å². The average Bonchev–Trinajstić information content (AvgIpc) is 2.35. The molecular weight excluding hydrogens is 216 g/mol. The van der Waals surface area contributed by atoms with Gasteiger partial charge in [0.1, 0.15) is 6.10 Å². The maximum absolute atomic E-state index is 10.2. The van der Waals surface area contributed by atoms with E-state index in [4.69, 9.17) is 0 Å². The van der Waals surface area contributed by atoms with Crippen molar-refractivity contribution in [1.82, 2.24) is 0 Å². The van der Waals surface area contributed by atoms with E-state index in [0.29, 0.717) is 6.42 Å². The van der Waals surface area contributed by atoms with Gasteiger partial charge in [-0.15, -0.1) is 0 Å². The maximum atomic E-state index is 10.2. The van der Waals surface area contributed by atoms with Gasteiger partial charge < -0.3 is 15.3 Å². The lowest BCUT2D eigenvalue weighted by Crippen LogP contribution is -2.57. The average molecular weight is 236 g/mol. The van der Waals surface area contributed by atoms with Crippen LogP contribution in [0.4, 0.5) is 0 Å². The van der Waals surface area contributed by atoms with Crippen LogP contribution in [0.3, 0.4) is 0 Å². The van der Waals surface area contributed by atoms with Gasteiger partial charge in [-0.2, -0.15) is 0 Å². The van der Waals surface area contributed by atoms with Crippen LogP contribution in [0.2, 0.25) is 0 Å². The summed E-state index contributed by atoms with van der Waals surface area (Å²) in [6.45, 7) is 3.85. The first-order chi connectivity index (χ1) is 7.97. The molecule has 0 amide bonds.